The van der Waals surface area contributed by atoms with E-state index in [1.807, 2.05) is 18.2 Å². The van der Waals surface area contributed by atoms with Gasteiger partial charge in [-0.25, -0.2) is 4.79 Å². The summed E-state index contributed by atoms with van der Waals surface area (Å²) in [6.07, 6.45) is 9.12. The number of esters is 1. The van der Waals surface area contributed by atoms with E-state index in [0.29, 0.717) is 35.8 Å². The van der Waals surface area contributed by atoms with Crippen LogP contribution in [0.1, 0.15) is 43.1 Å². The van der Waals surface area contributed by atoms with Crippen molar-refractivity contribution in [2.24, 2.45) is 11.8 Å². The maximum absolute atomic E-state index is 13.2. The van der Waals surface area contributed by atoms with Gasteiger partial charge in [0.15, 0.2) is 5.78 Å². The SMILES string of the molecule is C#CC[C@H](CC(=O)c1ccc(-c2ccccc2Cl)[nH]1)C(=O)N[C@H](/C=C/C(=O)OCC)C[C@@H]1CCNC1=O. The lowest BCUT2D eigenvalue weighted by atomic mass is 9.94. The molecule has 1 saturated heterocycles. The Hall–Kier alpha value is -3.83. The number of hydrogen-bond donors (Lipinski definition) is 3. The molecule has 1 fully saturated rings. The predicted octanol–water partition coefficient (Wildman–Crippen LogP) is 3.68. The Labute approximate surface area is 221 Å². The number of carbonyl (C=O) groups is 4. The minimum atomic E-state index is -0.791. The second-order valence-corrected chi connectivity index (χ2v) is 9.14. The van der Waals surface area contributed by atoms with Crippen molar-refractivity contribution in [3.05, 3.63) is 59.3 Å². The quantitative estimate of drug-likeness (QED) is 0.170. The first-order chi connectivity index (χ1) is 17.8. The Morgan fingerprint density at radius 2 is 2.05 bits per heavy atom. The van der Waals surface area contributed by atoms with E-state index in [2.05, 4.69) is 21.5 Å². The Morgan fingerprint density at radius 3 is 2.73 bits per heavy atom. The molecule has 1 aromatic heterocycles. The van der Waals surface area contributed by atoms with Crippen LogP contribution in [0, 0.1) is 24.2 Å². The average molecular weight is 524 g/mol. The molecule has 0 radical (unpaired) electrons. The number of aromatic nitrogens is 1. The first-order valence-electron chi connectivity index (χ1n) is 12.2. The molecule has 8 nitrogen and oxygen atoms in total. The van der Waals surface area contributed by atoms with Crippen LogP contribution >= 0.6 is 11.6 Å². The van der Waals surface area contributed by atoms with Gasteiger partial charge in [0.2, 0.25) is 11.8 Å². The van der Waals surface area contributed by atoms with Gasteiger partial charge in [-0.05, 0) is 38.0 Å². The molecule has 3 atom stereocenters. The summed E-state index contributed by atoms with van der Waals surface area (Å²) >= 11 is 6.26. The summed E-state index contributed by atoms with van der Waals surface area (Å²) in [5.41, 5.74) is 1.78. The molecule has 2 amide bonds. The lowest BCUT2D eigenvalue weighted by molar-refractivity contribution is -0.137. The maximum atomic E-state index is 13.2. The fraction of sp³-hybridized carbons (Fsp3) is 0.357. The number of Topliss-reactive ketones (excluding diaryl/α,β-unsaturated/α-hetero) is 1. The molecular weight excluding hydrogens is 494 g/mol. The highest BCUT2D eigenvalue weighted by atomic mass is 35.5. The minimum Gasteiger partial charge on any atom is -0.463 e. The fourth-order valence-electron chi connectivity index (χ4n) is 4.18. The number of benzene rings is 1. The van der Waals surface area contributed by atoms with Crippen molar-refractivity contribution < 1.29 is 23.9 Å². The molecule has 2 aromatic rings. The van der Waals surface area contributed by atoms with E-state index in [0.717, 1.165) is 5.56 Å². The molecule has 194 valence electrons. The Morgan fingerprint density at radius 1 is 1.27 bits per heavy atom. The van der Waals surface area contributed by atoms with Gasteiger partial charge in [0.1, 0.15) is 0 Å². The number of halogens is 1. The van der Waals surface area contributed by atoms with E-state index in [-0.39, 0.29) is 37.1 Å². The van der Waals surface area contributed by atoms with Crippen LogP contribution < -0.4 is 10.6 Å². The van der Waals surface area contributed by atoms with Crippen molar-refractivity contribution in [1.82, 2.24) is 15.6 Å². The highest BCUT2D eigenvalue weighted by Gasteiger charge is 2.29. The van der Waals surface area contributed by atoms with Crippen LogP contribution in [0.4, 0.5) is 0 Å². The van der Waals surface area contributed by atoms with Crippen molar-refractivity contribution in [2.45, 2.75) is 38.6 Å². The van der Waals surface area contributed by atoms with Crippen LogP contribution in [-0.4, -0.2) is 47.7 Å². The second-order valence-electron chi connectivity index (χ2n) is 8.74. The smallest absolute Gasteiger partial charge is 0.330 e. The van der Waals surface area contributed by atoms with Crippen molar-refractivity contribution in [3.8, 4) is 23.6 Å². The standard InChI is InChI=1S/C28H30ClN3O5/c1-3-7-18(17-25(33)24-12-11-23(32-24)21-8-5-6-9-22(21)29)28(36)31-20(10-13-26(34)37-4-2)16-19-14-15-30-27(19)35/h1,5-6,8-13,18-20,32H,4,7,14-17H2,2H3,(H,30,35)(H,31,36)/b13-10+/t18-,19+,20-/m1/s1. The first kappa shape index (κ1) is 27.8. The molecule has 3 rings (SSSR count). The monoisotopic (exact) mass is 523 g/mol. The summed E-state index contributed by atoms with van der Waals surface area (Å²) in [6, 6.07) is 10.1. The molecule has 1 aliphatic rings. The third-order valence-corrected chi connectivity index (χ3v) is 6.43. The summed E-state index contributed by atoms with van der Waals surface area (Å²) < 4.78 is 4.92. The summed E-state index contributed by atoms with van der Waals surface area (Å²) in [4.78, 5) is 53.2. The molecule has 37 heavy (non-hydrogen) atoms. The van der Waals surface area contributed by atoms with E-state index >= 15 is 0 Å². The molecule has 0 aliphatic carbocycles. The zero-order valence-electron chi connectivity index (χ0n) is 20.6. The largest absolute Gasteiger partial charge is 0.463 e. The van der Waals surface area contributed by atoms with Crippen molar-refractivity contribution in [2.75, 3.05) is 13.2 Å². The molecule has 1 aliphatic heterocycles. The number of aromatic amines is 1. The van der Waals surface area contributed by atoms with E-state index in [1.54, 1.807) is 25.1 Å². The average Bonchev–Trinajstić information content (AvgIpc) is 3.52. The van der Waals surface area contributed by atoms with Gasteiger partial charge in [0.05, 0.1) is 18.2 Å². The van der Waals surface area contributed by atoms with E-state index in [1.165, 1.54) is 12.2 Å². The Bertz CT molecular complexity index is 1210. The number of hydrogen-bond acceptors (Lipinski definition) is 5. The number of amides is 2. The van der Waals surface area contributed by atoms with Gasteiger partial charge in [-0.15, -0.1) is 12.3 Å². The number of terminal acetylenes is 1. The van der Waals surface area contributed by atoms with Crippen LogP contribution in [0.2, 0.25) is 5.02 Å². The zero-order valence-corrected chi connectivity index (χ0v) is 21.3. The second kappa shape index (κ2) is 13.5. The van der Waals surface area contributed by atoms with Crippen molar-refractivity contribution in [1.29, 1.82) is 0 Å². The van der Waals surface area contributed by atoms with Gasteiger partial charge in [0.25, 0.3) is 0 Å². The van der Waals surface area contributed by atoms with Crippen LogP contribution in [-0.2, 0) is 19.1 Å². The Kier molecular flexibility index (Phi) is 10.1. The maximum Gasteiger partial charge on any atom is 0.330 e. The number of rotatable bonds is 12. The summed E-state index contributed by atoms with van der Waals surface area (Å²) in [6.45, 7) is 2.47. The first-order valence-corrected chi connectivity index (χ1v) is 12.5. The molecule has 3 N–H and O–H groups in total. The van der Waals surface area contributed by atoms with Gasteiger partial charge >= 0.3 is 5.97 Å². The van der Waals surface area contributed by atoms with Gasteiger partial charge in [-0.3, -0.25) is 14.4 Å². The lowest BCUT2D eigenvalue weighted by Crippen LogP contribution is -2.40. The van der Waals surface area contributed by atoms with Crippen molar-refractivity contribution in [3.63, 3.8) is 0 Å². The van der Waals surface area contributed by atoms with Crippen LogP contribution in [0.25, 0.3) is 11.3 Å². The fourth-order valence-corrected chi connectivity index (χ4v) is 4.41. The van der Waals surface area contributed by atoms with Gasteiger partial charge in [-0.1, -0.05) is 35.9 Å². The molecule has 0 bridgehead atoms. The highest BCUT2D eigenvalue weighted by Crippen LogP contribution is 2.27. The topological polar surface area (TPSA) is 117 Å². The van der Waals surface area contributed by atoms with Crippen LogP contribution in [0.3, 0.4) is 0 Å². The molecule has 0 unspecified atom stereocenters. The normalized spacial score (nSPS) is 16.6. The summed E-state index contributed by atoms with van der Waals surface area (Å²) in [5.74, 6) is 0.0280. The summed E-state index contributed by atoms with van der Waals surface area (Å²) in [7, 11) is 0. The van der Waals surface area contributed by atoms with E-state index in [4.69, 9.17) is 22.8 Å². The molecule has 2 heterocycles. The van der Waals surface area contributed by atoms with Crippen molar-refractivity contribution >= 4 is 35.2 Å². The number of nitrogens with one attached hydrogen (secondary N) is 3. The van der Waals surface area contributed by atoms with Crippen LogP contribution in [0.15, 0.2) is 48.6 Å². The third-order valence-electron chi connectivity index (χ3n) is 6.10. The lowest BCUT2D eigenvalue weighted by Gasteiger charge is -2.21. The molecule has 1 aromatic carbocycles. The molecule has 9 heteroatoms. The number of ketones is 1. The Balaban J connectivity index is 1.71. The minimum absolute atomic E-state index is 0.0495. The molecule has 0 spiro atoms. The van der Waals surface area contributed by atoms with Gasteiger partial charge < -0.3 is 20.4 Å². The third kappa shape index (κ3) is 7.83. The number of carbonyl (C=O) groups excluding carboxylic acids is 4. The number of H-pyrrole nitrogens is 1. The van der Waals surface area contributed by atoms with E-state index in [9.17, 15) is 19.2 Å². The zero-order chi connectivity index (χ0) is 26.8. The molecule has 0 saturated carbocycles. The molecular formula is C28H30ClN3O5. The van der Waals surface area contributed by atoms with Gasteiger partial charge in [0, 0.05) is 53.7 Å². The van der Waals surface area contributed by atoms with E-state index < -0.39 is 23.8 Å². The van der Waals surface area contributed by atoms with Gasteiger partial charge in [-0.2, -0.15) is 0 Å². The van der Waals surface area contributed by atoms with Crippen LogP contribution in [0.5, 0.6) is 0 Å². The predicted molar refractivity (Wildman–Crippen MR) is 141 cm³/mol. The number of ether oxygens (including phenoxy) is 1. The summed E-state index contributed by atoms with van der Waals surface area (Å²) in [5, 5.41) is 6.17. The highest BCUT2D eigenvalue weighted by molar-refractivity contribution is 6.33.